The van der Waals surface area contributed by atoms with Crippen LogP contribution in [0.3, 0.4) is 0 Å². The average molecular weight is 548 g/mol. The molecule has 8 heteroatoms. The van der Waals surface area contributed by atoms with Crippen molar-refractivity contribution in [1.29, 1.82) is 0 Å². The summed E-state index contributed by atoms with van der Waals surface area (Å²) >= 11 is 6.48. The first-order chi connectivity index (χ1) is 19.4. The van der Waals surface area contributed by atoms with E-state index in [1.54, 1.807) is 42.6 Å². The van der Waals surface area contributed by atoms with Crippen LogP contribution in [0.25, 0.3) is 0 Å². The lowest BCUT2D eigenvalue weighted by Gasteiger charge is -2.52. The molecule has 0 unspecified atom stereocenters. The highest BCUT2D eigenvalue weighted by atomic mass is 35.5. The second-order valence-corrected chi connectivity index (χ2v) is 10.6. The Morgan fingerprint density at radius 2 is 1.45 bits per heavy atom. The first-order valence-electron chi connectivity index (χ1n) is 12.9. The van der Waals surface area contributed by atoms with Gasteiger partial charge in [0.25, 0.3) is 5.91 Å². The maximum atomic E-state index is 14.3. The number of carbonyl (C=O) groups is 3. The largest absolute Gasteiger partial charge is 0.507 e. The van der Waals surface area contributed by atoms with Crippen LogP contribution >= 0.6 is 11.6 Å². The standard InChI is InChI=1S/C32H22ClN3O4/c33-23-14-6-7-15-24(23)36-30(39)27-26-18-9-1-4-12-21(18)32(28(27)31(36)40,22-13-5-2-10-19(22)26)17-34-35-29(38)20-11-3-8-16-25(20)37/h1-17,26-28,37H,(H,35,38)/b34-17-/t26?,27-,28+,32?/m0/s1. The van der Waals surface area contributed by atoms with E-state index in [1.807, 2.05) is 48.5 Å². The van der Waals surface area contributed by atoms with Gasteiger partial charge < -0.3 is 5.11 Å². The van der Waals surface area contributed by atoms with Crippen LogP contribution in [0.4, 0.5) is 5.69 Å². The van der Waals surface area contributed by atoms with E-state index in [4.69, 9.17) is 11.6 Å². The molecule has 1 saturated heterocycles. The third-order valence-electron chi connectivity index (χ3n) is 8.36. The van der Waals surface area contributed by atoms with Crippen molar-refractivity contribution in [3.63, 3.8) is 0 Å². The maximum Gasteiger partial charge on any atom is 0.275 e. The van der Waals surface area contributed by atoms with Gasteiger partial charge in [0, 0.05) is 12.1 Å². The zero-order chi connectivity index (χ0) is 27.6. The molecule has 0 radical (unpaired) electrons. The number of hydrogen-bond donors (Lipinski definition) is 2. The van der Waals surface area contributed by atoms with Gasteiger partial charge >= 0.3 is 0 Å². The third kappa shape index (κ3) is 3.18. The van der Waals surface area contributed by atoms with Crippen LogP contribution in [0, 0.1) is 11.8 Å². The number of nitrogens with one attached hydrogen (secondary N) is 1. The Morgan fingerprint density at radius 1 is 0.850 bits per heavy atom. The number of hydrazone groups is 1. The first kappa shape index (κ1) is 24.3. The highest BCUT2D eigenvalue weighted by Gasteiger charge is 2.68. The van der Waals surface area contributed by atoms with Crippen molar-refractivity contribution in [2.45, 2.75) is 11.3 Å². The summed E-state index contributed by atoms with van der Waals surface area (Å²) in [6, 6.07) is 28.6. The van der Waals surface area contributed by atoms with Gasteiger partial charge in [-0.05, 0) is 46.5 Å². The minimum atomic E-state index is -1.14. The molecular formula is C32H22ClN3O4. The number of phenols is 1. The van der Waals surface area contributed by atoms with E-state index in [1.165, 1.54) is 17.0 Å². The number of aromatic hydroxyl groups is 1. The van der Waals surface area contributed by atoms with Gasteiger partial charge in [0.05, 0.1) is 33.5 Å². The Balaban J connectivity index is 1.42. The van der Waals surface area contributed by atoms with E-state index in [-0.39, 0.29) is 29.0 Å². The summed E-state index contributed by atoms with van der Waals surface area (Å²) in [5, 5.41) is 14.8. The van der Waals surface area contributed by atoms with E-state index in [9.17, 15) is 19.5 Å². The highest BCUT2D eigenvalue weighted by molar-refractivity contribution is 6.36. The lowest BCUT2D eigenvalue weighted by Crippen LogP contribution is -2.54. The summed E-state index contributed by atoms with van der Waals surface area (Å²) in [6.45, 7) is 0. The van der Waals surface area contributed by atoms with Crippen LogP contribution in [0.15, 0.2) is 102 Å². The van der Waals surface area contributed by atoms with Crippen molar-refractivity contribution in [1.82, 2.24) is 5.43 Å². The summed E-state index contributed by atoms with van der Waals surface area (Å²) in [4.78, 5) is 42.6. The van der Waals surface area contributed by atoms with Crippen LogP contribution in [-0.2, 0) is 15.0 Å². The quantitative estimate of drug-likeness (QED) is 0.213. The highest BCUT2D eigenvalue weighted by Crippen LogP contribution is 2.63. The molecule has 8 rings (SSSR count). The van der Waals surface area contributed by atoms with Crippen molar-refractivity contribution >= 4 is 41.2 Å². The van der Waals surface area contributed by atoms with E-state index in [2.05, 4.69) is 10.5 Å². The molecule has 4 aliphatic rings. The summed E-state index contributed by atoms with van der Waals surface area (Å²) in [5.74, 6) is -3.27. The van der Waals surface area contributed by atoms with Gasteiger partial charge in [-0.1, -0.05) is 84.4 Å². The SMILES string of the molecule is O=C(N/N=C\C12c3ccccc3C(c3ccccc31)[C@@H]1C(=O)N(c3ccccc3Cl)C(=O)[C@@H]12)c1ccccc1O. The monoisotopic (exact) mass is 547 g/mol. The fraction of sp³-hybridized carbons (Fsp3) is 0.125. The van der Waals surface area contributed by atoms with Crippen molar-refractivity contribution < 1.29 is 19.5 Å². The predicted molar refractivity (Wildman–Crippen MR) is 150 cm³/mol. The molecule has 1 heterocycles. The van der Waals surface area contributed by atoms with E-state index >= 15 is 0 Å². The summed E-state index contributed by atoms with van der Waals surface area (Å²) < 4.78 is 0. The number of imide groups is 1. The lowest BCUT2D eigenvalue weighted by molar-refractivity contribution is -0.122. The van der Waals surface area contributed by atoms with E-state index < -0.39 is 23.2 Å². The number of nitrogens with zero attached hydrogens (tertiary/aromatic N) is 2. The number of benzene rings is 4. The Labute approximate surface area is 234 Å². The molecule has 4 aromatic carbocycles. The van der Waals surface area contributed by atoms with Crippen molar-refractivity contribution in [2.75, 3.05) is 4.90 Å². The second kappa shape index (κ2) is 8.89. The molecule has 0 spiro atoms. The van der Waals surface area contributed by atoms with Crippen LogP contribution in [0.2, 0.25) is 5.02 Å². The molecule has 3 aliphatic carbocycles. The van der Waals surface area contributed by atoms with Gasteiger partial charge in [-0.25, -0.2) is 10.3 Å². The molecule has 2 N–H and O–H groups in total. The second-order valence-electron chi connectivity index (χ2n) is 10.2. The Bertz CT molecular complexity index is 1720. The van der Waals surface area contributed by atoms with Crippen LogP contribution < -0.4 is 10.3 Å². The molecule has 4 aromatic rings. The molecule has 1 aliphatic heterocycles. The topological polar surface area (TPSA) is 99.1 Å². The van der Waals surface area contributed by atoms with Gasteiger partial charge in [0.1, 0.15) is 5.75 Å². The number of carbonyl (C=O) groups excluding carboxylic acids is 3. The zero-order valence-electron chi connectivity index (χ0n) is 21.0. The molecule has 7 nitrogen and oxygen atoms in total. The number of amides is 3. The molecule has 3 amide bonds. The number of rotatable bonds is 4. The van der Waals surface area contributed by atoms with Gasteiger partial charge in [-0.15, -0.1) is 0 Å². The molecule has 2 bridgehead atoms. The van der Waals surface area contributed by atoms with Crippen LogP contribution in [0.1, 0.15) is 38.5 Å². The van der Waals surface area contributed by atoms with Crippen molar-refractivity contribution in [3.8, 4) is 5.75 Å². The average Bonchev–Trinajstić information content (AvgIpc) is 3.24. The normalized spacial score (nSPS) is 24.1. The van der Waals surface area contributed by atoms with Gasteiger partial charge in [0.2, 0.25) is 11.8 Å². The number of anilines is 1. The molecule has 1 fully saturated rings. The smallest absolute Gasteiger partial charge is 0.275 e. The van der Waals surface area contributed by atoms with E-state index in [0.717, 1.165) is 22.3 Å². The minimum Gasteiger partial charge on any atom is -0.507 e. The van der Waals surface area contributed by atoms with E-state index in [0.29, 0.717) is 10.7 Å². The van der Waals surface area contributed by atoms with Crippen LogP contribution in [-0.4, -0.2) is 29.0 Å². The summed E-state index contributed by atoms with van der Waals surface area (Å²) in [5.41, 5.74) is 5.42. The predicted octanol–water partition coefficient (Wildman–Crippen LogP) is 5.01. The van der Waals surface area contributed by atoms with Gasteiger partial charge in [-0.3, -0.25) is 14.4 Å². The van der Waals surface area contributed by atoms with Gasteiger partial charge in [-0.2, -0.15) is 5.10 Å². The summed E-state index contributed by atoms with van der Waals surface area (Å²) in [7, 11) is 0. The zero-order valence-corrected chi connectivity index (χ0v) is 21.7. The lowest BCUT2D eigenvalue weighted by atomic mass is 9.47. The molecule has 2 atom stereocenters. The third-order valence-corrected chi connectivity index (χ3v) is 8.68. The number of para-hydroxylation sites is 2. The first-order valence-corrected chi connectivity index (χ1v) is 13.3. The van der Waals surface area contributed by atoms with Gasteiger partial charge in [0.15, 0.2) is 0 Å². The number of halogens is 1. The molecular weight excluding hydrogens is 526 g/mol. The Kier molecular flexibility index (Phi) is 5.40. The number of phenolic OH excluding ortho intramolecular Hbond substituents is 1. The fourth-order valence-electron chi connectivity index (χ4n) is 6.84. The van der Waals surface area contributed by atoms with Crippen molar-refractivity contribution in [3.05, 3.63) is 130 Å². The molecule has 196 valence electrons. The Hall–Kier alpha value is -4.75. The summed E-state index contributed by atoms with van der Waals surface area (Å²) in [6.07, 6.45) is 1.58. The Morgan fingerprint density at radius 3 is 2.12 bits per heavy atom. The van der Waals surface area contributed by atoms with Crippen molar-refractivity contribution in [2.24, 2.45) is 16.9 Å². The van der Waals surface area contributed by atoms with Crippen LogP contribution in [0.5, 0.6) is 5.75 Å². The number of hydrogen-bond acceptors (Lipinski definition) is 5. The molecule has 0 aromatic heterocycles. The molecule has 0 saturated carbocycles. The molecule has 40 heavy (non-hydrogen) atoms. The maximum absolute atomic E-state index is 14.3. The fourth-order valence-corrected chi connectivity index (χ4v) is 7.06. The minimum absolute atomic E-state index is 0.0696.